The highest BCUT2D eigenvalue weighted by atomic mass is 16.4. The zero-order valence-electron chi connectivity index (χ0n) is 24.8. The number of carboxylic acids is 1. The quantitative estimate of drug-likeness (QED) is 0.0690. The van der Waals surface area contributed by atoms with Crippen LogP contribution < -0.4 is 27.8 Å². The highest BCUT2D eigenvalue weighted by Crippen LogP contribution is 2.23. The van der Waals surface area contributed by atoms with Crippen molar-refractivity contribution in [1.82, 2.24) is 20.5 Å². The van der Waals surface area contributed by atoms with E-state index in [0.717, 1.165) is 16.5 Å². The minimum Gasteiger partial charge on any atom is -0.508 e. The molecule has 14 nitrogen and oxygen atoms in total. The number of fused-ring (bicyclic) bond motifs is 1. The largest absolute Gasteiger partial charge is 0.508 e. The summed E-state index contributed by atoms with van der Waals surface area (Å²) in [5.74, 6) is -2.85. The van der Waals surface area contributed by atoms with Gasteiger partial charge in [0.2, 0.25) is 17.7 Å². The number of likely N-dealkylation sites (tertiary alicyclic amines) is 1. The second-order valence-corrected chi connectivity index (χ2v) is 11.1. The van der Waals surface area contributed by atoms with Crippen molar-refractivity contribution >= 4 is 40.6 Å². The van der Waals surface area contributed by atoms with Crippen molar-refractivity contribution in [3.63, 3.8) is 0 Å². The number of phenolic OH excluding ortho intramolecular Hbond substituents is 1. The van der Waals surface area contributed by atoms with Crippen LogP contribution in [0.15, 0.2) is 59.7 Å². The van der Waals surface area contributed by atoms with Gasteiger partial charge in [-0.15, -0.1) is 0 Å². The average molecular weight is 621 g/mol. The molecule has 1 aromatic heterocycles. The van der Waals surface area contributed by atoms with E-state index in [0.29, 0.717) is 31.4 Å². The van der Waals surface area contributed by atoms with Crippen LogP contribution in [0.1, 0.15) is 36.8 Å². The molecule has 2 aromatic carbocycles. The van der Waals surface area contributed by atoms with Crippen molar-refractivity contribution in [3.05, 3.63) is 65.9 Å². The van der Waals surface area contributed by atoms with Crippen LogP contribution in [-0.4, -0.2) is 87.0 Å². The molecule has 1 aliphatic heterocycles. The lowest BCUT2D eigenvalue weighted by molar-refractivity contribution is -0.144. The minimum absolute atomic E-state index is 0.0116. The first-order chi connectivity index (χ1) is 21.5. The van der Waals surface area contributed by atoms with Gasteiger partial charge in [0.05, 0.1) is 6.04 Å². The number of guanidine groups is 1. The SMILES string of the molecule is NC(N)=NCCCC(N)C(=O)NC(Cc1c[nH]c2ccccc12)C(=O)N1CCCC1C(=O)NC(Cc1ccc(O)cc1)C(=O)O. The molecule has 45 heavy (non-hydrogen) atoms. The standard InChI is InChI=1S/C31H40N8O6/c32-22(6-3-13-35-31(33)34)27(41)37-24(16-19-17-36-23-7-2-1-5-21(19)23)29(43)39-14-4-8-26(39)28(42)38-25(30(44)45)15-18-9-11-20(40)12-10-18/h1-2,5,7,9-12,17,22,24-26,36,40H,3-4,6,8,13-16,32H2,(H,37,41)(H,38,42)(H,44,45)(H4,33,34,35). The molecule has 3 amide bonds. The van der Waals surface area contributed by atoms with Crippen molar-refractivity contribution in [3.8, 4) is 5.75 Å². The number of aromatic hydroxyl groups is 1. The topological polar surface area (TPSA) is 242 Å². The third kappa shape index (κ3) is 8.72. The Bertz CT molecular complexity index is 1530. The third-order valence-electron chi connectivity index (χ3n) is 7.85. The van der Waals surface area contributed by atoms with E-state index in [1.807, 2.05) is 24.3 Å². The first kappa shape index (κ1) is 32.8. The molecule has 0 bridgehead atoms. The molecular formula is C31H40N8O6. The molecule has 240 valence electrons. The molecule has 0 spiro atoms. The first-order valence-electron chi connectivity index (χ1n) is 14.8. The normalized spacial score (nSPS) is 16.5. The fourth-order valence-electron chi connectivity index (χ4n) is 5.49. The smallest absolute Gasteiger partial charge is 0.326 e. The van der Waals surface area contributed by atoms with Gasteiger partial charge in [-0.05, 0) is 55.0 Å². The number of amides is 3. The summed E-state index contributed by atoms with van der Waals surface area (Å²) in [4.78, 5) is 61.1. The second kappa shape index (κ2) is 15.1. The van der Waals surface area contributed by atoms with Crippen LogP contribution in [0.25, 0.3) is 10.9 Å². The van der Waals surface area contributed by atoms with Gasteiger partial charge in [0.1, 0.15) is 23.9 Å². The van der Waals surface area contributed by atoms with Crippen molar-refractivity contribution in [1.29, 1.82) is 0 Å². The number of nitrogens with zero attached hydrogens (tertiary/aromatic N) is 2. The van der Waals surface area contributed by atoms with Crippen LogP contribution >= 0.6 is 0 Å². The molecule has 0 radical (unpaired) electrons. The summed E-state index contributed by atoms with van der Waals surface area (Å²) in [6.07, 6.45) is 3.50. The van der Waals surface area contributed by atoms with Gasteiger partial charge in [-0.25, -0.2) is 4.79 Å². The monoisotopic (exact) mass is 620 g/mol. The molecule has 11 N–H and O–H groups in total. The number of hydrogen-bond acceptors (Lipinski definition) is 7. The Morgan fingerprint density at radius 3 is 2.47 bits per heavy atom. The van der Waals surface area contributed by atoms with Gasteiger partial charge >= 0.3 is 5.97 Å². The number of aliphatic carboxylic acids is 1. The van der Waals surface area contributed by atoms with Gasteiger partial charge in [-0.1, -0.05) is 30.3 Å². The van der Waals surface area contributed by atoms with E-state index in [1.165, 1.54) is 17.0 Å². The molecule has 4 rings (SSSR count). The van der Waals surface area contributed by atoms with E-state index >= 15 is 0 Å². The number of nitrogens with two attached hydrogens (primary N) is 3. The molecule has 14 heteroatoms. The van der Waals surface area contributed by atoms with E-state index < -0.39 is 47.9 Å². The molecule has 0 saturated carbocycles. The number of aromatic amines is 1. The maximum Gasteiger partial charge on any atom is 0.326 e. The Morgan fingerprint density at radius 1 is 1.02 bits per heavy atom. The number of H-pyrrole nitrogens is 1. The number of carboxylic acid groups (broad SMARTS) is 1. The minimum atomic E-state index is -1.25. The lowest BCUT2D eigenvalue weighted by atomic mass is 10.0. The van der Waals surface area contributed by atoms with E-state index in [2.05, 4.69) is 20.6 Å². The molecule has 1 aliphatic rings. The van der Waals surface area contributed by atoms with Crippen LogP contribution in [0.5, 0.6) is 5.75 Å². The fourth-order valence-corrected chi connectivity index (χ4v) is 5.49. The Hall–Kier alpha value is -5.11. The van der Waals surface area contributed by atoms with Crippen LogP contribution in [0.3, 0.4) is 0 Å². The number of carbonyl (C=O) groups is 4. The van der Waals surface area contributed by atoms with Gasteiger partial charge in [0.15, 0.2) is 5.96 Å². The van der Waals surface area contributed by atoms with Crippen molar-refractivity contribution in [2.75, 3.05) is 13.1 Å². The Kier molecular flexibility index (Phi) is 11.0. The van der Waals surface area contributed by atoms with Crippen molar-refractivity contribution < 1.29 is 29.4 Å². The maximum absolute atomic E-state index is 14.1. The van der Waals surface area contributed by atoms with Crippen LogP contribution in [-0.2, 0) is 32.0 Å². The predicted octanol–water partition coefficient (Wildman–Crippen LogP) is 0.0848. The van der Waals surface area contributed by atoms with Crippen molar-refractivity contribution in [2.24, 2.45) is 22.2 Å². The molecule has 2 heterocycles. The highest BCUT2D eigenvalue weighted by Gasteiger charge is 2.39. The maximum atomic E-state index is 14.1. The van der Waals surface area contributed by atoms with E-state index in [1.54, 1.807) is 18.3 Å². The molecule has 0 aliphatic carbocycles. The summed E-state index contributed by atoms with van der Waals surface area (Å²) in [5.41, 5.74) is 19.1. The molecule has 1 fully saturated rings. The number of rotatable bonds is 14. The number of aromatic nitrogens is 1. The summed E-state index contributed by atoms with van der Waals surface area (Å²) in [6, 6.07) is 9.45. The molecule has 4 unspecified atom stereocenters. The van der Waals surface area contributed by atoms with Gasteiger partial charge in [-0.2, -0.15) is 0 Å². The second-order valence-electron chi connectivity index (χ2n) is 11.1. The van der Waals surface area contributed by atoms with Gasteiger partial charge in [0.25, 0.3) is 0 Å². The van der Waals surface area contributed by atoms with E-state index in [9.17, 15) is 29.4 Å². The van der Waals surface area contributed by atoms with Crippen LogP contribution in [0.2, 0.25) is 0 Å². The van der Waals surface area contributed by atoms with Gasteiger partial charge < -0.3 is 47.9 Å². The number of aliphatic imine (C=N–C) groups is 1. The zero-order chi connectivity index (χ0) is 32.5. The summed E-state index contributed by atoms with van der Waals surface area (Å²) in [6.45, 7) is 0.563. The number of nitrogens with one attached hydrogen (secondary N) is 3. The number of phenols is 1. The Labute approximate surface area is 260 Å². The van der Waals surface area contributed by atoms with Gasteiger partial charge in [0, 0.05) is 43.0 Å². The first-order valence-corrected chi connectivity index (χ1v) is 14.8. The summed E-state index contributed by atoms with van der Waals surface area (Å²) in [5, 5.41) is 25.6. The summed E-state index contributed by atoms with van der Waals surface area (Å²) < 4.78 is 0. The molecule has 1 saturated heterocycles. The lowest BCUT2D eigenvalue weighted by Crippen LogP contribution is -2.57. The molecule has 3 aromatic rings. The highest BCUT2D eigenvalue weighted by molar-refractivity contribution is 5.95. The number of carbonyl (C=O) groups excluding carboxylic acids is 3. The third-order valence-corrected chi connectivity index (χ3v) is 7.85. The number of benzene rings is 2. The Morgan fingerprint density at radius 2 is 1.76 bits per heavy atom. The summed E-state index contributed by atoms with van der Waals surface area (Å²) in [7, 11) is 0. The van der Waals surface area contributed by atoms with E-state index in [-0.39, 0.29) is 37.5 Å². The van der Waals surface area contributed by atoms with Gasteiger partial charge in [-0.3, -0.25) is 19.4 Å². The zero-order valence-corrected chi connectivity index (χ0v) is 24.8. The lowest BCUT2D eigenvalue weighted by Gasteiger charge is -2.30. The Balaban J connectivity index is 1.50. The number of para-hydroxylation sites is 1. The summed E-state index contributed by atoms with van der Waals surface area (Å²) >= 11 is 0. The van der Waals surface area contributed by atoms with E-state index in [4.69, 9.17) is 17.2 Å². The number of hydrogen-bond donors (Lipinski definition) is 8. The predicted molar refractivity (Wildman–Crippen MR) is 168 cm³/mol. The van der Waals surface area contributed by atoms with Crippen molar-refractivity contribution in [2.45, 2.75) is 62.7 Å². The van der Waals surface area contributed by atoms with Crippen LogP contribution in [0.4, 0.5) is 0 Å². The van der Waals surface area contributed by atoms with Crippen LogP contribution in [0, 0.1) is 0 Å². The average Bonchev–Trinajstić information content (AvgIpc) is 3.67. The fraction of sp³-hybridized carbons (Fsp3) is 0.387. The molecular weight excluding hydrogens is 580 g/mol. The molecule has 4 atom stereocenters.